The Bertz CT molecular complexity index is 1040. The van der Waals surface area contributed by atoms with Crippen molar-refractivity contribution in [1.82, 2.24) is 15.2 Å². The Morgan fingerprint density at radius 2 is 1.68 bits per heavy atom. The molecule has 1 saturated carbocycles. The van der Waals surface area contributed by atoms with Crippen LogP contribution in [0.15, 0.2) is 60.7 Å². The molecule has 0 atom stereocenters. The molecule has 5 nitrogen and oxygen atoms in total. The Morgan fingerprint density at radius 3 is 2.45 bits per heavy atom. The maximum absolute atomic E-state index is 12.8. The Labute approximate surface area is 183 Å². The van der Waals surface area contributed by atoms with Crippen LogP contribution < -0.4 is 10.6 Å². The first kappa shape index (κ1) is 20.0. The van der Waals surface area contributed by atoms with Crippen LogP contribution in [0.5, 0.6) is 0 Å². The summed E-state index contributed by atoms with van der Waals surface area (Å²) in [5, 5.41) is 7.66. The van der Waals surface area contributed by atoms with E-state index in [-0.39, 0.29) is 5.91 Å². The van der Waals surface area contributed by atoms with Gasteiger partial charge in [0.05, 0.1) is 11.1 Å². The predicted octanol–water partition coefficient (Wildman–Crippen LogP) is 4.25. The highest BCUT2D eigenvalue weighted by Crippen LogP contribution is 2.25. The number of anilines is 1. The van der Waals surface area contributed by atoms with Gasteiger partial charge in [0, 0.05) is 37.1 Å². The van der Waals surface area contributed by atoms with Gasteiger partial charge >= 0.3 is 0 Å². The zero-order chi connectivity index (χ0) is 21.0. The van der Waals surface area contributed by atoms with Crippen LogP contribution in [-0.4, -0.2) is 47.5 Å². The smallest absolute Gasteiger partial charge is 0.252 e. The zero-order valence-electron chi connectivity index (χ0n) is 17.9. The number of benzene rings is 2. The molecular formula is C26H30N4O. The summed E-state index contributed by atoms with van der Waals surface area (Å²) in [7, 11) is 0. The number of fused-ring (bicyclic) bond motifs is 1. The minimum Gasteiger partial charge on any atom is -0.367 e. The monoisotopic (exact) mass is 414 g/mol. The Morgan fingerprint density at radius 1 is 0.935 bits per heavy atom. The number of nitrogens with zero attached hydrogens (tertiary/aromatic N) is 2. The third kappa shape index (κ3) is 5.05. The maximum Gasteiger partial charge on any atom is 0.252 e. The molecule has 1 aromatic heterocycles. The van der Waals surface area contributed by atoms with Gasteiger partial charge < -0.3 is 15.5 Å². The standard InChI is InChI=1S/C26H30N4O/c31-26(28-20-10-11-20)23-18-25(29-24-9-5-4-8-22(23)24)27-21-13-16-30(17-14-21)15-12-19-6-2-1-3-7-19/h1-9,18,20-21H,10-17H2,(H,27,29)(H,28,31). The van der Waals surface area contributed by atoms with Gasteiger partial charge in [0.15, 0.2) is 0 Å². The lowest BCUT2D eigenvalue weighted by Gasteiger charge is -2.32. The molecule has 2 N–H and O–H groups in total. The highest BCUT2D eigenvalue weighted by atomic mass is 16.1. The summed E-state index contributed by atoms with van der Waals surface area (Å²) in [6, 6.07) is 21.3. The predicted molar refractivity (Wildman–Crippen MR) is 125 cm³/mol. The molecule has 31 heavy (non-hydrogen) atoms. The summed E-state index contributed by atoms with van der Waals surface area (Å²) in [5.74, 6) is 0.822. The molecule has 160 valence electrons. The van der Waals surface area contributed by atoms with Crippen molar-refractivity contribution >= 4 is 22.6 Å². The molecule has 2 aromatic carbocycles. The molecule has 1 aliphatic carbocycles. The zero-order valence-corrected chi connectivity index (χ0v) is 17.9. The molecule has 1 aliphatic heterocycles. The Kier molecular flexibility index (Phi) is 5.85. The number of likely N-dealkylation sites (tertiary alicyclic amines) is 1. The minimum atomic E-state index is 0.0138. The lowest BCUT2D eigenvalue weighted by atomic mass is 10.0. The first-order valence-electron chi connectivity index (χ1n) is 11.5. The lowest BCUT2D eigenvalue weighted by molar-refractivity contribution is 0.0952. The first-order valence-corrected chi connectivity index (χ1v) is 11.5. The number of aromatic nitrogens is 1. The Balaban J connectivity index is 1.22. The summed E-state index contributed by atoms with van der Waals surface area (Å²) >= 11 is 0. The van der Waals surface area contributed by atoms with Crippen LogP contribution in [0.25, 0.3) is 10.9 Å². The topological polar surface area (TPSA) is 57.3 Å². The van der Waals surface area contributed by atoms with Gasteiger partial charge in [0.2, 0.25) is 0 Å². The van der Waals surface area contributed by atoms with E-state index in [9.17, 15) is 4.79 Å². The quantitative estimate of drug-likeness (QED) is 0.607. The minimum absolute atomic E-state index is 0.0138. The van der Waals surface area contributed by atoms with E-state index in [4.69, 9.17) is 4.98 Å². The van der Waals surface area contributed by atoms with Gasteiger partial charge in [0.25, 0.3) is 5.91 Å². The molecule has 0 spiro atoms. The molecule has 2 heterocycles. The number of carbonyl (C=O) groups is 1. The van der Waals surface area contributed by atoms with Crippen molar-refractivity contribution in [3.05, 3.63) is 71.8 Å². The largest absolute Gasteiger partial charge is 0.367 e. The number of hydrogen-bond donors (Lipinski definition) is 2. The van der Waals surface area contributed by atoms with E-state index < -0.39 is 0 Å². The molecule has 2 aliphatic rings. The van der Waals surface area contributed by atoms with E-state index in [0.29, 0.717) is 12.1 Å². The van der Waals surface area contributed by atoms with Crippen LogP contribution in [0.4, 0.5) is 5.82 Å². The first-order chi connectivity index (χ1) is 15.2. The number of rotatable bonds is 7. The molecule has 0 bridgehead atoms. The summed E-state index contributed by atoms with van der Waals surface area (Å²) in [5.41, 5.74) is 2.99. The number of carbonyl (C=O) groups excluding carboxylic acids is 1. The molecule has 5 heteroatoms. The second kappa shape index (κ2) is 9.06. The van der Waals surface area contributed by atoms with Gasteiger partial charge in [-0.3, -0.25) is 4.79 Å². The van der Waals surface area contributed by atoms with Crippen molar-refractivity contribution in [2.24, 2.45) is 0 Å². The number of pyridine rings is 1. The molecule has 3 aromatic rings. The van der Waals surface area contributed by atoms with Gasteiger partial charge in [-0.05, 0) is 49.8 Å². The van der Waals surface area contributed by atoms with Crippen LogP contribution in [0, 0.1) is 0 Å². The Hall–Kier alpha value is -2.92. The van der Waals surface area contributed by atoms with E-state index in [0.717, 1.165) is 74.0 Å². The molecule has 1 saturated heterocycles. The lowest BCUT2D eigenvalue weighted by Crippen LogP contribution is -2.40. The van der Waals surface area contributed by atoms with Crippen LogP contribution in [0.1, 0.15) is 41.6 Å². The van der Waals surface area contributed by atoms with Gasteiger partial charge in [-0.1, -0.05) is 48.5 Å². The van der Waals surface area contributed by atoms with E-state index >= 15 is 0 Å². The number of nitrogens with one attached hydrogen (secondary N) is 2. The van der Waals surface area contributed by atoms with Gasteiger partial charge in [0.1, 0.15) is 5.82 Å². The number of amides is 1. The fourth-order valence-electron chi connectivity index (χ4n) is 4.37. The molecule has 1 amide bonds. The second-order valence-corrected chi connectivity index (χ2v) is 8.82. The molecule has 2 fully saturated rings. The maximum atomic E-state index is 12.8. The van der Waals surface area contributed by atoms with Crippen molar-refractivity contribution in [2.45, 2.75) is 44.2 Å². The SMILES string of the molecule is O=C(NC1CC1)c1cc(NC2CCN(CCc3ccccc3)CC2)nc2ccccc12. The van der Waals surface area contributed by atoms with Crippen molar-refractivity contribution in [3.63, 3.8) is 0 Å². The number of para-hydroxylation sites is 1. The number of piperidine rings is 1. The van der Waals surface area contributed by atoms with Gasteiger partial charge in [-0.2, -0.15) is 0 Å². The van der Waals surface area contributed by atoms with E-state index in [2.05, 4.69) is 45.9 Å². The van der Waals surface area contributed by atoms with E-state index in [1.165, 1.54) is 5.56 Å². The average Bonchev–Trinajstić information content (AvgIpc) is 3.63. The fraction of sp³-hybridized carbons (Fsp3) is 0.385. The van der Waals surface area contributed by atoms with E-state index in [1.54, 1.807) is 0 Å². The normalized spacial score (nSPS) is 17.5. The second-order valence-electron chi connectivity index (χ2n) is 8.82. The van der Waals surface area contributed by atoms with Crippen molar-refractivity contribution < 1.29 is 4.79 Å². The third-order valence-electron chi connectivity index (χ3n) is 6.37. The average molecular weight is 415 g/mol. The molecular weight excluding hydrogens is 384 g/mol. The van der Waals surface area contributed by atoms with Crippen molar-refractivity contribution in [3.8, 4) is 0 Å². The fourth-order valence-corrected chi connectivity index (χ4v) is 4.37. The molecule has 0 radical (unpaired) electrons. The van der Waals surface area contributed by atoms with Crippen molar-refractivity contribution in [2.75, 3.05) is 25.0 Å². The molecule has 0 unspecified atom stereocenters. The van der Waals surface area contributed by atoms with Gasteiger partial charge in [-0.15, -0.1) is 0 Å². The van der Waals surface area contributed by atoms with Crippen LogP contribution in [0.3, 0.4) is 0 Å². The highest BCUT2D eigenvalue weighted by molar-refractivity contribution is 6.07. The van der Waals surface area contributed by atoms with E-state index in [1.807, 2.05) is 30.3 Å². The summed E-state index contributed by atoms with van der Waals surface area (Å²) in [4.78, 5) is 20.2. The summed E-state index contributed by atoms with van der Waals surface area (Å²) in [6.45, 7) is 3.29. The molecule has 5 rings (SSSR count). The summed E-state index contributed by atoms with van der Waals surface area (Å²) < 4.78 is 0. The summed E-state index contributed by atoms with van der Waals surface area (Å²) in [6.07, 6.45) is 5.45. The van der Waals surface area contributed by atoms with Crippen LogP contribution in [0.2, 0.25) is 0 Å². The van der Waals surface area contributed by atoms with Crippen LogP contribution >= 0.6 is 0 Å². The highest BCUT2D eigenvalue weighted by Gasteiger charge is 2.25. The van der Waals surface area contributed by atoms with Crippen LogP contribution in [-0.2, 0) is 6.42 Å². The third-order valence-corrected chi connectivity index (χ3v) is 6.37. The van der Waals surface area contributed by atoms with Crippen molar-refractivity contribution in [1.29, 1.82) is 0 Å². The van der Waals surface area contributed by atoms with Gasteiger partial charge in [-0.25, -0.2) is 4.98 Å². The number of hydrogen-bond acceptors (Lipinski definition) is 4.